The Kier molecular flexibility index (Phi) is 3.38. The maximum Gasteiger partial charge on any atom is 0.231 e. The summed E-state index contributed by atoms with van der Waals surface area (Å²) in [6.45, 7) is 4.51. The number of nitrogens with zero attached hydrogens (tertiary/aromatic N) is 1. The van der Waals surface area contributed by atoms with Crippen LogP contribution in [-0.4, -0.2) is 31.3 Å². The van der Waals surface area contributed by atoms with E-state index in [-0.39, 0.29) is 18.6 Å². The molecule has 0 aliphatic carbocycles. The monoisotopic (exact) mass is 297 g/mol. The van der Waals surface area contributed by atoms with E-state index in [2.05, 4.69) is 0 Å². The minimum absolute atomic E-state index is 0.0144. The lowest BCUT2D eigenvalue weighted by Crippen LogP contribution is -2.43. The molecule has 3 rings (SSSR count). The molecule has 0 saturated heterocycles. The Morgan fingerprint density at radius 3 is 2.55 bits per heavy atom. The number of ether oxygens (including phenoxy) is 2. The van der Waals surface area contributed by atoms with Crippen molar-refractivity contribution in [2.75, 3.05) is 12.5 Å². The quantitative estimate of drug-likeness (QED) is 0.855. The SMILES string of the molecule is CCCS(=O)(=O)N1Cc2cc3c(cc2CC1C)OCO3. The molecule has 2 aliphatic rings. The molecule has 1 aromatic rings. The van der Waals surface area contributed by atoms with Crippen molar-refractivity contribution in [3.63, 3.8) is 0 Å². The van der Waals surface area contributed by atoms with Crippen LogP contribution in [0.1, 0.15) is 31.4 Å². The molecule has 1 atom stereocenters. The second-order valence-electron chi connectivity index (χ2n) is 5.39. The van der Waals surface area contributed by atoms with Crippen LogP contribution in [0.2, 0.25) is 0 Å². The number of rotatable bonds is 3. The van der Waals surface area contributed by atoms with E-state index in [0.29, 0.717) is 18.7 Å². The smallest absolute Gasteiger partial charge is 0.231 e. The highest BCUT2D eigenvalue weighted by Gasteiger charge is 2.32. The zero-order valence-corrected chi connectivity index (χ0v) is 12.6. The van der Waals surface area contributed by atoms with Gasteiger partial charge >= 0.3 is 0 Å². The van der Waals surface area contributed by atoms with E-state index in [9.17, 15) is 8.42 Å². The lowest BCUT2D eigenvalue weighted by molar-refractivity contribution is 0.174. The largest absolute Gasteiger partial charge is 0.454 e. The van der Waals surface area contributed by atoms with E-state index in [4.69, 9.17) is 9.47 Å². The van der Waals surface area contributed by atoms with Crippen LogP contribution < -0.4 is 9.47 Å². The van der Waals surface area contributed by atoms with Gasteiger partial charge in [0.05, 0.1) is 5.75 Å². The first-order chi connectivity index (χ1) is 9.51. The van der Waals surface area contributed by atoms with Gasteiger partial charge < -0.3 is 9.47 Å². The van der Waals surface area contributed by atoms with Crippen molar-refractivity contribution in [1.82, 2.24) is 4.31 Å². The molecule has 0 radical (unpaired) electrons. The van der Waals surface area contributed by atoms with Gasteiger partial charge in [0.15, 0.2) is 11.5 Å². The molecule has 0 saturated carbocycles. The highest BCUT2D eigenvalue weighted by molar-refractivity contribution is 7.89. The number of sulfonamides is 1. The Morgan fingerprint density at radius 2 is 1.90 bits per heavy atom. The molecular weight excluding hydrogens is 278 g/mol. The fraction of sp³-hybridized carbons (Fsp3) is 0.571. The maximum absolute atomic E-state index is 12.3. The van der Waals surface area contributed by atoms with Crippen LogP contribution in [0.15, 0.2) is 12.1 Å². The van der Waals surface area contributed by atoms with Crippen LogP contribution >= 0.6 is 0 Å². The van der Waals surface area contributed by atoms with E-state index in [1.54, 1.807) is 4.31 Å². The first kappa shape index (κ1) is 13.7. The summed E-state index contributed by atoms with van der Waals surface area (Å²) in [6.07, 6.45) is 1.36. The zero-order valence-electron chi connectivity index (χ0n) is 11.8. The van der Waals surface area contributed by atoms with Gasteiger partial charge in [0, 0.05) is 12.6 Å². The Balaban J connectivity index is 1.94. The van der Waals surface area contributed by atoms with Gasteiger partial charge in [-0.05, 0) is 43.0 Å². The molecular formula is C14H19NO4S. The molecule has 2 aliphatic heterocycles. The average Bonchev–Trinajstić information content (AvgIpc) is 2.82. The lowest BCUT2D eigenvalue weighted by Gasteiger charge is -2.34. The van der Waals surface area contributed by atoms with Crippen LogP contribution in [0.4, 0.5) is 0 Å². The van der Waals surface area contributed by atoms with E-state index in [1.807, 2.05) is 26.0 Å². The number of fused-ring (bicyclic) bond motifs is 2. The van der Waals surface area contributed by atoms with Crippen molar-refractivity contribution in [2.45, 2.75) is 39.3 Å². The van der Waals surface area contributed by atoms with Crippen LogP contribution in [0.5, 0.6) is 11.5 Å². The Bertz CT molecular complexity index is 626. The molecule has 110 valence electrons. The molecule has 0 amide bonds. The normalized spacial score (nSPS) is 21.8. The van der Waals surface area contributed by atoms with Crippen molar-refractivity contribution >= 4 is 10.0 Å². The summed E-state index contributed by atoms with van der Waals surface area (Å²) >= 11 is 0. The zero-order chi connectivity index (χ0) is 14.3. The van der Waals surface area contributed by atoms with Gasteiger partial charge in [-0.15, -0.1) is 0 Å². The molecule has 0 fully saturated rings. The van der Waals surface area contributed by atoms with Crippen molar-refractivity contribution in [3.05, 3.63) is 23.3 Å². The molecule has 1 aromatic carbocycles. The minimum atomic E-state index is -3.18. The van der Waals surface area contributed by atoms with Gasteiger partial charge in [0.1, 0.15) is 0 Å². The molecule has 1 unspecified atom stereocenters. The van der Waals surface area contributed by atoms with Crippen molar-refractivity contribution in [2.24, 2.45) is 0 Å². The third-order valence-corrected chi connectivity index (χ3v) is 5.98. The number of hydrogen-bond acceptors (Lipinski definition) is 4. The van der Waals surface area contributed by atoms with E-state index < -0.39 is 10.0 Å². The summed E-state index contributed by atoms with van der Waals surface area (Å²) < 4.78 is 37.0. The first-order valence-electron chi connectivity index (χ1n) is 6.92. The van der Waals surface area contributed by atoms with Gasteiger partial charge in [0.2, 0.25) is 16.8 Å². The highest BCUT2D eigenvalue weighted by Crippen LogP contribution is 2.38. The van der Waals surface area contributed by atoms with Crippen molar-refractivity contribution < 1.29 is 17.9 Å². The molecule has 0 bridgehead atoms. The highest BCUT2D eigenvalue weighted by atomic mass is 32.2. The molecule has 6 heteroatoms. The van der Waals surface area contributed by atoms with Gasteiger partial charge in [-0.2, -0.15) is 4.31 Å². The van der Waals surface area contributed by atoms with Crippen LogP contribution in [0.25, 0.3) is 0 Å². The fourth-order valence-electron chi connectivity index (χ4n) is 2.85. The molecule has 5 nitrogen and oxygen atoms in total. The summed E-state index contributed by atoms with van der Waals surface area (Å²) in [5, 5.41) is 0. The second kappa shape index (κ2) is 4.93. The number of hydrogen-bond donors (Lipinski definition) is 0. The summed E-state index contributed by atoms with van der Waals surface area (Å²) in [5.41, 5.74) is 2.18. The van der Waals surface area contributed by atoms with Gasteiger partial charge in [0.25, 0.3) is 0 Å². The van der Waals surface area contributed by atoms with Crippen LogP contribution in [0.3, 0.4) is 0 Å². The van der Waals surface area contributed by atoms with Crippen LogP contribution in [-0.2, 0) is 23.0 Å². The first-order valence-corrected chi connectivity index (χ1v) is 8.53. The maximum atomic E-state index is 12.3. The predicted molar refractivity (Wildman–Crippen MR) is 75.4 cm³/mol. The van der Waals surface area contributed by atoms with Gasteiger partial charge in [-0.3, -0.25) is 0 Å². The fourth-order valence-corrected chi connectivity index (χ4v) is 4.56. The molecule has 2 heterocycles. The molecule has 20 heavy (non-hydrogen) atoms. The van der Waals surface area contributed by atoms with Crippen molar-refractivity contribution in [3.8, 4) is 11.5 Å². The van der Waals surface area contributed by atoms with Gasteiger partial charge in [-0.1, -0.05) is 6.92 Å². The Morgan fingerprint density at radius 1 is 1.25 bits per heavy atom. The summed E-state index contributed by atoms with van der Waals surface area (Å²) in [5.74, 6) is 1.68. The van der Waals surface area contributed by atoms with Crippen molar-refractivity contribution in [1.29, 1.82) is 0 Å². The number of benzene rings is 1. The van der Waals surface area contributed by atoms with E-state index in [1.165, 1.54) is 0 Å². The topological polar surface area (TPSA) is 55.8 Å². The Hall–Kier alpha value is -1.27. The Labute approximate surface area is 119 Å². The summed E-state index contributed by atoms with van der Waals surface area (Å²) in [4.78, 5) is 0. The van der Waals surface area contributed by atoms with Gasteiger partial charge in [-0.25, -0.2) is 8.42 Å². The summed E-state index contributed by atoms with van der Waals surface area (Å²) in [7, 11) is -3.18. The third kappa shape index (κ3) is 2.27. The standard InChI is InChI=1S/C14H19NO4S/c1-3-4-20(16,17)15-8-12-7-14-13(18-9-19-14)6-11(12)5-10(15)2/h6-7,10H,3-5,8-9H2,1-2H3. The lowest BCUT2D eigenvalue weighted by atomic mass is 9.96. The van der Waals surface area contributed by atoms with Crippen LogP contribution in [0, 0.1) is 0 Å². The minimum Gasteiger partial charge on any atom is -0.454 e. The van der Waals surface area contributed by atoms with E-state index >= 15 is 0 Å². The average molecular weight is 297 g/mol. The second-order valence-corrected chi connectivity index (χ2v) is 7.43. The summed E-state index contributed by atoms with van der Waals surface area (Å²) in [6, 6.07) is 3.88. The van der Waals surface area contributed by atoms with E-state index in [0.717, 1.165) is 23.3 Å². The molecule has 0 aromatic heterocycles. The molecule has 0 N–H and O–H groups in total. The third-order valence-electron chi connectivity index (χ3n) is 3.85. The molecule has 0 spiro atoms. The predicted octanol–water partition coefficient (Wildman–Crippen LogP) is 1.90.